The summed E-state index contributed by atoms with van der Waals surface area (Å²) in [5, 5.41) is 0. The van der Waals surface area contributed by atoms with Crippen molar-refractivity contribution in [3.05, 3.63) is 11.3 Å². The SMILES string of the molecule is CCCCC#C[C@]12C(=O)C[C@H]1CC/C2=C(\C)O[Si](C)(C)C. The van der Waals surface area contributed by atoms with Gasteiger partial charge in [-0.2, -0.15) is 0 Å². The highest BCUT2D eigenvalue weighted by atomic mass is 28.4. The van der Waals surface area contributed by atoms with Crippen LogP contribution in [0.4, 0.5) is 0 Å². The molecule has 2 fully saturated rings. The molecule has 0 aromatic carbocycles. The monoisotopic (exact) mass is 304 g/mol. The van der Waals surface area contributed by atoms with Crippen molar-refractivity contribution >= 4 is 14.1 Å². The maximum Gasteiger partial charge on any atom is 0.241 e. The van der Waals surface area contributed by atoms with Crippen LogP contribution in [0.5, 0.6) is 0 Å². The van der Waals surface area contributed by atoms with Crippen LogP contribution in [0.1, 0.15) is 52.4 Å². The molecule has 2 saturated carbocycles. The number of unbranched alkanes of at least 4 members (excludes halogenated alkanes) is 2. The van der Waals surface area contributed by atoms with Crippen LogP contribution in [-0.2, 0) is 9.22 Å². The minimum Gasteiger partial charge on any atom is -0.548 e. The standard InChI is InChI=1S/C18H28O2Si/c1-6-7-8-9-12-18-15(13-17(18)19)10-11-16(18)14(2)20-21(3,4)5/h15H,6-8,10-11,13H2,1-5H3/b16-14-/t15-,18+/m1/s1. The molecule has 2 atom stereocenters. The quantitative estimate of drug-likeness (QED) is 0.326. The van der Waals surface area contributed by atoms with Gasteiger partial charge in [-0.25, -0.2) is 0 Å². The number of carbonyl (C=O) groups is 1. The lowest BCUT2D eigenvalue weighted by Gasteiger charge is -2.40. The van der Waals surface area contributed by atoms with Gasteiger partial charge >= 0.3 is 0 Å². The molecule has 0 spiro atoms. The molecular weight excluding hydrogens is 276 g/mol. The maximum absolute atomic E-state index is 12.4. The molecule has 0 heterocycles. The normalized spacial score (nSPS) is 30.1. The number of carbonyl (C=O) groups excluding carboxylic acids is 1. The van der Waals surface area contributed by atoms with Gasteiger partial charge in [-0.1, -0.05) is 19.3 Å². The lowest BCUT2D eigenvalue weighted by molar-refractivity contribution is -0.135. The Bertz CT molecular complexity index is 516. The highest BCUT2D eigenvalue weighted by Crippen LogP contribution is 2.58. The Morgan fingerprint density at radius 1 is 1.43 bits per heavy atom. The number of ketones is 1. The predicted octanol–water partition coefficient (Wildman–Crippen LogP) is 4.67. The van der Waals surface area contributed by atoms with Crippen molar-refractivity contribution in [2.75, 3.05) is 0 Å². The zero-order valence-electron chi connectivity index (χ0n) is 14.1. The van der Waals surface area contributed by atoms with Crippen LogP contribution >= 0.6 is 0 Å². The van der Waals surface area contributed by atoms with E-state index in [9.17, 15) is 4.79 Å². The van der Waals surface area contributed by atoms with E-state index in [0.717, 1.165) is 37.9 Å². The summed E-state index contributed by atoms with van der Waals surface area (Å²) in [6.45, 7) is 10.8. The summed E-state index contributed by atoms with van der Waals surface area (Å²) in [5.74, 6) is 8.40. The van der Waals surface area contributed by atoms with E-state index < -0.39 is 13.7 Å². The van der Waals surface area contributed by atoms with Crippen molar-refractivity contribution in [3.63, 3.8) is 0 Å². The van der Waals surface area contributed by atoms with E-state index in [2.05, 4.69) is 38.4 Å². The molecule has 0 N–H and O–H groups in total. The van der Waals surface area contributed by atoms with E-state index in [1.54, 1.807) is 0 Å². The molecule has 2 nitrogen and oxygen atoms in total. The molecule has 0 bridgehead atoms. The number of Topliss-reactive ketones (excluding diaryl/α,β-unsaturated/α-hetero) is 1. The Hall–Kier alpha value is -1.01. The molecule has 2 rings (SSSR count). The molecule has 0 radical (unpaired) electrons. The van der Waals surface area contributed by atoms with Gasteiger partial charge in [0.1, 0.15) is 5.41 Å². The fourth-order valence-electron chi connectivity index (χ4n) is 3.57. The first-order chi connectivity index (χ1) is 9.81. The van der Waals surface area contributed by atoms with E-state index in [1.807, 2.05) is 6.92 Å². The molecule has 0 saturated heterocycles. The molecular formula is C18H28O2Si. The van der Waals surface area contributed by atoms with Gasteiger partial charge in [0.2, 0.25) is 8.32 Å². The highest BCUT2D eigenvalue weighted by Gasteiger charge is 2.60. The van der Waals surface area contributed by atoms with Crippen LogP contribution in [0.3, 0.4) is 0 Å². The van der Waals surface area contributed by atoms with E-state index >= 15 is 0 Å². The summed E-state index contributed by atoms with van der Waals surface area (Å²) in [7, 11) is -1.63. The van der Waals surface area contributed by atoms with Crippen LogP contribution < -0.4 is 0 Å². The number of hydrogen-bond acceptors (Lipinski definition) is 2. The second-order valence-electron chi connectivity index (χ2n) is 7.33. The van der Waals surface area contributed by atoms with Gasteiger partial charge in [-0.3, -0.25) is 4.79 Å². The molecule has 116 valence electrons. The smallest absolute Gasteiger partial charge is 0.241 e. The Morgan fingerprint density at radius 3 is 2.71 bits per heavy atom. The van der Waals surface area contributed by atoms with Crippen LogP contribution in [0.25, 0.3) is 0 Å². The van der Waals surface area contributed by atoms with E-state index in [0.29, 0.717) is 18.1 Å². The van der Waals surface area contributed by atoms with Crippen molar-refractivity contribution in [1.82, 2.24) is 0 Å². The van der Waals surface area contributed by atoms with Gasteiger partial charge < -0.3 is 4.43 Å². The molecule has 2 aliphatic carbocycles. The highest BCUT2D eigenvalue weighted by molar-refractivity contribution is 6.70. The van der Waals surface area contributed by atoms with Crippen molar-refractivity contribution in [3.8, 4) is 11.8 Å². The zero-order valence-corrected chi connectivity index (χ0v) is 15.1. The van der Waals surface area contributed by atoms with E-state index in [4.69, 9.17) is 4.43 Å². The lowest BCUT2D eigenvalue weighted by Crippen LogP contribution is -2.47. The molecule has 3 heteroatoms. The number of allylic oxidation sites excluding steroid dienone is 2. The van der Waals surface area contributed by atoms with Crippen molar-refractivity contribution in [2.45, 2.75) is 72.0 Å². The van der Waals surface area contributed by atoms with Gasteiger partial charge in [0.25, 0.3) is 0 Å². The Kier molecular flexibility index (Phi) is 4.68. The number of rotatable bonds is 4. The second kappa shape index (κ2) is 6.00. The minimum atomic E-state index is -1.63. The fraction of sp³-hybridized carbons (Fsp3) is 0.722. The molecule has 0 unspecified atom stereocenters. The van der Waals surface area contributed by atoms with Crippen molar-refractivity contribution in [2.24, 2.45) is 11.3 Å². The summed E-state index contributed by atoms with van der Waals surface area (Å²) in [5.41, 5.74) is 0.715. The fourth-order valence-corrected chi connectivity index (χ4v) is 4.61. The average Bonchev–Trinajstić information content (AvgIpc) is 2.66. The second-order valence-corrected chi connectivity index (χ2v) is 11.8. The Labute approximate surface area is 130 Å². The summed E-state index contributed by atoms with van der Waals surface area (Å²) in [6.07, 6.45) is 5.96. The third kappa shape index (κ3) is 3.11. The largest absolute Gasteiger partial charge is 0.548 e. The first kappa shape index (κ1) is 16.4. The summed E-state index contributed by atoms with van der Waals surface area (Å²) < 4.78 is 6.17. The summed E-state index contributed by atoms with van der Waals surface area (Å²) in [4.78, 5) is 12.4. The summed E-state index contributed by atoms with van der Waals surface area (Å²) >= 11 is 0. The topological polar surface area (TPSA) is 26.3 Å². The van der Waals surface area contributed by atoms with Gasteiger partial charge in [0.15, 0.2) is 5.78 Å². The molecule has 0 aromatic heterocycles. The van der Waals surface area contributed by atoms with Gasteiger partial charge in [-0.15, -0.1) is 5.92 Å². The molecule has 0 aromatic rings. The molecule has 0 amide bonds. The van der Waals surface area contributed by atoms with Crippen LogP contribution in [0, 0.1) is 23.2 Å². The Morgan fingerprint density at radius 2 is 2.14 bits per heavy atom. The lowest BCUT2D eigenvalue weighted by atomic mass is 9.59. The molecule has 21 heavy (non-hydrogen) atoms. The van der Waals surface area contributed by atoms with Crippen LogP contribution in [0.15, 0.2) is 11.3 Å². The van der Waals surface area contributed by atoms with E-state index in [1.165, 1.54) is 5.57 Å². The van der Waals surface area contributed by atoms with E-state index in [-0.39, 0.29) is 0 Å². The number of fused-ring (bicyclic) bond motifs is 1. The third-order valence-electron chi connectivity index (χ3n) is 4.53. The molecule has 0 aliphatic heterocycles. The summed E-state index contributed by atoms with van der Waals surface area (Å²) in [6, 6.07) is 0. The van der Waals surface area contributed by atoms with Crippen molar-refractivity contribution in [1.29, 1.82) is 0 Å². The van der Waals surface area contributed by atoms with Gasteiger partial charge in [0, 0.05) is 12.8 Å². The zero-order chi connectivity index (χ0) is 15.7. The van der Waals surface area contributed by atoms with Gasteiger partial charge in [0.05, 0.1) is 5.76 Å². The maximum atomic E-state index is 12.4. The Balaban J connectivity index is 2.30. The van der Waals surface area contributed by atoms with Crippen LogP contribution in [-0.4, -0.2) is 14.1 Å². The predicted molar refractivity (Wildman–Crippen MR) is 89.2 cm³/mol. The average molecular weight is 305 g/mol. The molecule has 2 aliphatic rings. The van der Waals surface area contributed by atoms with Gasteiger partial charge in [-0.05, 0) is 57.3 Å². The van der Waals surface area contributed by atoms with Crippen molar-refractivity contribution < 1.29 is 9.22 Å². The number of hydrogen-bond donors (Lipinski definition) is 0. The first-order valence-corrected chi connectivity index (χ1v) is 11.6. The van der Waals surface area contributed by atoms with Crippen LogP contribution in [0.2, 0.25) is 19.6 Å². The first-order valence-electron chi connectivity index (χ1n) is 8.24. The third-order valence-corrected chi connectivity index (χ3v) is 5.45. The minimum absolute atomic E-state index is 0.322.